The van der Waals surface area contributed by atoms with Gasteiger partial charge in [-0.3, -0.25) is 4.79 Å². The lowest BCUT2D eigenvalue weighted by Crippen LogP contribution is -2.63. The van der Waals surface area contributed by atoms with E-state index >= 15 is 0 Å². The van der Waals surface area contributed by atoms with Crippen molar-refractivity contribution < 1.29 is 19.0 Å². The van der Waals surface area contributed by atoms with Crippen LogP contribution >= 0.6 is 11.6 Å². The van der Waals surface area contributed by atoms with Gasteiger partial charge in [0.2, 0.25) is 5.91 Å². The third kappa shape index (κ3) is 4.90. The first-order valence-electron chi connectivity index (χ1n) is 15.5. The maximum atomic E-state index is 13.5. The van der Waals surface area contributed by atoms with Crippen molar-refractivity contribution in [1.29, 1.82) is 0 Å². The molecular formula is C35H46ClNO4. The second-order valence-electron chi connectivity index (χ2n) is 14.0. The van der Waals surface area contributed by atoms with Crippen LogP contribution in [0.2, 0.25) is 5.02 Å². The van der Waals surface area contributed by atoms with Crippen LogP contribution < -0.4 is 14.2 Å². The monoisotopic (exact) mass is 579 g/mol. The molecule has 0 spiro atoms. The molecule has 0 unspecified atom stereocenters. The Hall–Kier alpha value is -2.40. The highest BCUT2D eigenvalue weighted by Gasteiger charge is 2.62. The van der Waals surface area contributed by atoms with Crippen molar-refractivity contribution in [1.82, 2.24) is 4.90 Å². The van der Waals surface area contributed by atoms with E-state index in [1.54, 1.807) is 14.2 Å². The number of hydrogen-bond acceptors (Lipinski definition) is 4. The first-order valence-corrected chi connectivity index (χ1v) is 15.9. The highest BCUT2D eigenvalue weighted by molar-refractivity contribution is 6.31. The number of likely N-dealkylation sites (tertiary alicyclic amines) is 1. The average molecular weight is 580 g/mol. The van der Waals surface area contributed by atoms with Crippen molar-refractivity contribution in [3.63, 3.8) is 0 Å². The van der Waals surface area contributed by atoms with Gasteiger partial charge in [-0.05, 0) is 110 Å². The van der Waals surface area contributed by atoms with Gasteiger partial charge in [0.1, 0.15) is 17.2 Å². The normalized spacial score (nSPS) is 36.3. The summed E-state index contributed by atoms with van der Waals surface area (Å²) in [6.07, 6.45) is 7.62. The van der Waals surface area contributed by atoms with E-state index in [4.69, 9.17) is 25.8 Å². The molecule has 6 rings (SSSR count). The summed E-state index contributed by atoms with van der Waals surface area (Å²) in [5, 5.41) is 0.771. The molecular weight excluding hydrogens is 534 g/mol. The van der Waals surface area contributed by atoms with Gasteiger partial charge in [-0.15, -0.1) is 0 Å². The van der Waals surface area contributed by atoms with Crippen LogP contribution in [0, 0.1) is 41.4 Å². The summed E-state index contributed by atoms with van der Waals surface area (Å²) in [5.74, 6) is 5.21. The lowest BCUT2D eigenvalue weighted by Gasteiger charge is -2.63. The van der Waals surface area contributed by atoms with Crippen molar-refractivity contribution in [3.8, 4) is 17.2 Å². The number of piperidine rings is 1. The summed E-state index contributed by atoms with van der Waals surface area (Å²) in [6.45, 7) is 10.1. The number of ether oxygens (including phenoxy) is 3. The minimum absolute atomic E-state index is 0.121. The highest BCUT2D eigenvalue weighted by atomic mass is 35.5. The number of carbonyl (C=O) groups is 1. The molecule has 0 N–H and O–H groups in total. The zero-order valence-corrected chi connectivity index (χ0v) is 26.3. The fraction of sp³-hybridized carbons (Fsp3) is 0.629. The molecule has 222 valence electrons. The number of rotatable bonds is 6. The highest BCUT2D eigenvalue weighted by Crippen LogP contribution is 2.66. The molecule has 2 aromatic rings. The van der Waals surface area contributed by atoms with Crippen molar-refractivity contribution in [2.75, 3.05) is 14.2 Å². The molecule has 3 aliphatic carbocycles. The van der Waals surface area contributed by atoms with E-state index in [-0.39, 0.29) is 23.5 Å². The fourth-order valence-corrected chi connectivity index (χ4v) is 9.77. The van der Waals surface area contributed by atoms with E-state index in [2.05, 4.69) is 43.9 Å². The van der Waals surface area contributed by atoms with Crippen molar-refractivity contribution in [2.24, 2.45) is 34.5 Å². The number of amides is 1. The van der Waals surface area contributed by atoms with Gasteiger partial charge >= 0.3 is 0 Å². The van der Waals surface area contributed by atoms with Gasteiger partial charge in [0.25, 0.3) is 0 Å². The molecule has 2 aromatic carbocycles. The molecule has 4 fully saturated rings. The fourth-order valence-electron chi connectivity index (χ4n) is 9.60. The van der Waals surface area contributed by atoms with Crippen LogP contribution in [-0.4, -0.2) is 37.2 Å². The standard InChI is InChI=1S/C35H46ClNO4/c1-21-7-9-25(17-29(21)36)41-26-16-28-33-22(2)15-31-35(4,27(33)11-13-34(28,3)19-26)14-12-32(38)37(31)20-23-8-10-24(39-5)18-30(23)40-6/h7-10,17-18,22,26-28,31,33H,11-16,19-20H2,1-6H3/t22-,26-,27-,28-,31+,33+,34+,35+/m0/s1. The van der Waals surface area contributed by atoms with Gasteiger partial charge in [-0.2, -0.15) is 0 Å². The summed E-state index contributed by atoms with van der Waals surface area (Å²) in [5.41, 5.74) is 2.55. The Morgan fingerprint density at radius 3 is 2.51 bits per heavy atom. The second-order valence-corrected chi connectivity index (χ2v) is 14.4. The molecule has 1 saturated heterocycles. The molecule has 0 aromatic heterocycles. The summed E-state index contributed by atoms with van der Waals surface area (Å²) in [6, 6.07) is 12.3. The first-order chi connectivity index (χ1) is 19.6. The number of nitrogens with zero attached hydrogens (tertiary/aromatic N) is 1. The van der Waals surface area contributed by atoms with E-state index < -0.39 is 0 Å². The Balaban J connectivity index is 1.24. The number of methoxy groups -OCH3 is 2. The van der Waals surface area contributed by atoms with Crippen LogP contribution in [0.25, 0.3) is 0 Å². The Labute approximate surface area is 250 Å². The molecule has 0 bridgehead atoms. The first kappa shape index (κ1) is 28.7. The maximum Gasteiger partial charge on any atom is 0.223 e. The quantitative estimate of drug-likeness (QED) is 0.347. The second kappa shape index (κ2) is 10.7. The smallest absolute Gasteiger partial charge is 0.223 e. The Morgan fingerprint density at radius 1 is 1.00 bits per heavy atom. The average Bonchev–Trinajstić information content (AvgIpc) is 3.29. The number of halogens is 1. The SMILES string of the molecule is COc1ccc(CN2C(=O)CC[C@]3(C)[C@H]4CC[C@]5(C)C[C@@H](Oc6ccc(C)c(Cl)c6)C[C@H]5[C@@H]4[C@@H](C)C[C@@H]23)c(OC)c1. The molecule has 41 heavy (non-hydrogen) atoms. The molecule has 6 heteroatoms. The number of carbonyl (C=O) groups excluding carboxylic acids is 1. The predicted molar refractivity (Wildman–Crippen MR) is 163 cm³/mol. The molecule has 1 amide bonds. The molecule has 8 atom stereocenters. The third-order valence-electron chi connectivity index (χ3n) is 11.8. The zero-order valence-electron chi connectivity index (χ0n) is 25.5. The lowest BCUT2D eigenvalue weighted by atomic mass is 9.45. The van der Waals surface area contributed by atoms with Crippen molar-refractivity contribution in [3.05, 3.63) is 52.5 Å². The minimum Gasteiger partial charge on any atom is -0.497 e. The summed E-state index contributed by atoms with van der Waals surface area (Å²) in [7, 11) is 3.36. The summed E-state index contributed by atoms with van der Waals surface area (Å²) < 4.78 is 17.7. The number of benzene rings is 2. The Kier molecular flexibility index (Phi) is 7.49. The molecule has 1 aliphatic heterocycles. The minimum atomic E-state index is 0.121. The van der Waals surface area contributed by atoms with Gasteiger partial charge in [-0.1, -0.05) is 38.4 Å². The Morgan fingerprint density at radius 2 is 1.78 bits per heavy atom. The number of hydrogen-bond donors (Lipinski definition) is 0. The van der Waals surface area contributed by atoms with E-state index in [9.17, 15) is 4.79 Å². The predicted octanol–water partition coefficient (Wildman–Crippen LogP) is 8.09. The van der Waals surface area contributed by atoms with E-state index in [0.717, 1.165) is 59.1 Å². The van der Waals surface area contributed by atoms with Gasteiger partial charge in [-0.25, -0.2) is 0 Å². The topological polar surface area (TPSA) is 48.0 Å². The van der Waals surface area contributed by atoms with Crippen LogP contribution in [0.3, 0.4) is 0 Å². The molecule has 0 radical (unpaired) electrons. The number of aryl methyl sites for hydroxylation is 1. The van der Waals surface area contributed by atoms with Gasteiger partial charge in [0.05, 0.1) is 20.3 Å². The van der Waals surface area contributed by atoms with Crippen LogP contribution in [0.15, 0.2) is 36.4 Å². The number of fused-ring (bicyclic) bond motifs is 5. The van der Waals surface area contributed by atoms with Crippen LogP contribution in [0.1, 0.15) is 76.8 Å². The zero-order chi connectivity index (χ0) is 29.1. The Bertz CT molecular complexity index is 1310. The molecule has 4 aliphatic rings. The lowest BCUT2D eigenvalue weighted by molar-refractivity contribution is -0.169. The third-order valence-corrected chi connectivity index (χ3v) is 12.2. The van der Waals surface area contributed by atoms with E-state index in [1.807, 2.05) is 25.1 Å². The van der Waals surface area contributed by atoms with Crippen molar-refractivity contribution >= 4 is 17.5 Å². The van der Waals surface area contributed by atoms with Gasteiger partial charge < -0.3 is 19.1 Å². The molecule has 5 nitrogen and oxygen atoms in total. The van der Waals surface area contributed by atoms with Crippen LogP contribution in [-0.2, 0) is 11.3 Å². The van der Waals surface area contributed by atoms with Gasteiger partial charge in [0, 0.05) is 35.7 Å². The summed E-state index contributed by atoms with van der Waals surface area (Å²) >= 11 is 6.42. The van der Waals surface area contributed by atoms with E-state index in [1.165, 1.54) is 12.8 Å². The van der Waals surface area contributed by atoms with Crippen LogP contribution in [0.5, 0.6) is 17.2 Å². The van der Waals surface area contributed by atoms with E-state index in [0.29, 0.717) is 42.1 Å². The maximum absolute atomic E-state index is 13.5. The van der Waals surface area contributed by atoms with Crippen molar-refractivity contribution in [2.45, 2.75) is 91.3 Å². The summed E-state index contributed by atoms with van der Waals surface area (Å²) in [4.78, 5) is 15.7. The molecule has 3 saturated carbocycles. The van der Waals surface area contributed by atoms with Crippen LogP contribution in [0.4, 0.5) is 0 Å². The molecule has 1 heterocycles. The largest absolute Gasteiger partial charge is 0.497 e. The van der Waals surface area contributed by atoms with Gasteiger partial charge in [0.15, 0.2) is 0 Å².